The standard InChI is InChI=1S/C10H11NO5.C3H4N2/c1-7(6-16-10(12)13)8-4-2-3-5-9(8)11(14)15;1-2-5-3-4-1/h2-5,7H,6H2,1H3,(H,12,13);1-3H,(H,4,5). The van der Waals surface area contributed by atoms with Gasteiger partial charge in [-0.15, -0.1) is 0 Å². The quantitative estimate of drug-likeness (QED) is 0.508. The van der Waals surface area contributed by atoms with E-state index in [2.05, 4.69) is 14.7 Å². The van der Waals surface area contributed by atoms with Crippen molar-refractivity contribution in [3.8, 4) is 0 Å². The van der Waals surface area contributed by atoms with E-state index in [1.54, 1.807) is 43.8 Å². The van der Waals surface area contributed by atoms with Gasteiger partial charge in [0.1, 0.15) is 6.61 Å². The summed E-state index contributed by atoms with van der Waals surface area (Å²) in [5.41, 5.74) is 0.442. The molecule has 1 heterocycles. The van der Waals surface area contributed by atoms with Gasteiger partial charge in [-0.2, -0.15) is 0 Å². The maximum Gasteiger partial charge on any atom is 0.505 e. The van der Waals surface area contributed by atoms with Gasteiger partial charge >= 0.3 is 6.16 Å². The molecular formula is C13H15N3O5. The van der Waals surface area contributed by atoms with Crippen LogP contribution in [0.5, 0.6) is 0 Å². The number of para-hydroxylation sites is 1. The minimum Gasteiger partial charge on any atom is -0.450 e. The average Bonchev–Trinajstić information content (AvgIpc) is 3.04. The molecule has 1 aromatic carbocycles. The number of nitro groups is 1. The first kappa shape index (κ1) is 16.2. The molecule has 8 nitrogen and oxygen atoms in total. The van der Waals surface area contributed by atoms with Gasteiger partial charge in [-0.05, 0) is 0 Å². The van der Waals surface area contributed by atoms with Crippen molar-refractivity contribution in [1.82, 2.24) is 9.97 Å². The summed E-state index contributed by atoms with van der Waals surface area (Å²) in [5.74, 6) is -0.349. The Morgan fingerprint density at radius 3 is 2.71 bits per heavy atom. The lowest BCUT2D eigenvalue weighted by Crippen LogP contribution is -2.10. The number of nitro benzene ring substituents is 1. The van der Waals surface area contributed by atoms with Crippen molar-refractivity contribution in [3.63, 3.8) is 0 Å². The van der Waals surface area contributed by atoms with Gasteiger partial charge in [0.2, 0.25) is 0 Å². The van der Waals surface area contributed by atoms with Crippen molar-refractivity contribution >= 4 is 11.8 Å². The Morgan fingerprint density at radius 1 is 1.52 bits per heavy atom. The van der Waals surface area contributed by atoms with Crippen LogP contribution in [0.15, 0.2) is 43.0 Å². The summed E-state index contributed by atoms with van der Waals surface area (Å²) in [6.07, 6.45) is 3.70. The van der Waals surface area contributed by atoms with Crippen molar-refractivity contribution in [2.45, 2.75) is 12.8 Å². The SMILES string of the molecule is CC(COC(=O)O)c1ccccc1[N+](=O)[O-].c1c[nH]cn1. The van der Waals surface area contributed by atoms with E-state index >= 15 is 0 Å². The van der Waals surface area contributed by atoms with Crippen LogP contribution in [0.1, 0.15) is 18.4 Å². The first-order valence-corrected chi connectivity index (χ1v) is 6.04. The van der Waals surface area contributed by atoms with Crippen LogP contribution in [0.2, 0.25) is 0 Å². The highest BCUT2D eigenvalue weighted by atomic mass is 16.7. The largest absolute Gasteiger partial charge is 0.505 e. The number of carboxylic acid groups (broad SMARTS) is 1. The molecule has 0 saturated carbocycles. The molecular weight excluding hydrogens is 278 g/mol. The molecule has 2 N–H and O–H groups in total. The summed E-state index contributed by atoms with van der Waals surface area (Å²) >= 11 is 0. The number of benzene rings is 1. The van der Waals surface area contributed by atoms with E-state index in [9.17, 15) is 14.9 Å². The van der Waals surface area contributed by atoms with Gasteiger partial charge in [0.15, 0.2) is 0 Å². The molecule has 0 fully saturated rings. The highest BCUT2D eigenvalue weighted by molar-refractivity contribution is 5.57. The fraction of sp³-hybridized carbons (Fsp3) is 0.231. The number of nitrogens with one attached hydrogen (secondary N) is 1. The molecule has 0 amide bonds. The highest BCUT2D eigenvalue weighted by Gasteiger charge is 2.19. The number of aromatic amines is 1. The second-order valence-corrected chi connectivity index (χ2v) is 4.05. The normalized spacial score (nSPS) is 10.9. The van der Waals surface area contributed by atoms with Gasteiger partial charge in [-0.1, -0.05) is 25.1 Å². The summed E-state index contributed by atoms with van der Waals surface area (Å²) in [5, 5.41) is 19.0. The van der Waals surface area contributed by atoms with Gasteiger partial charge in [0, 0.05) is 29.9 Å². The molecule has 0 aliphatic carbocycles. The molecule has 8 heteroatoms. The van der Waals surface area contributed by atoms with Crippen LogP contribution in [0.3, 0.4) is 0 Å². The van der Waals surface area contributed by atoms with E-state index in [-0.39, 0.29) is 18.2 Å². The summed E-state index contributed by atoms with van der Waals surface area (Å²) in [4.78, 5) is 26.8. The zero-order chi connectivity index (χ0) is 15.7. The predicted molar refractivity (Wildman–Crippen MR) is 74.1 cm³/mol. The zero-order valence-electron chi connectivity index (χ0n) is 11.3. The van der Waals surface area contributed by atoms with Crippen molar-refractivity contribution in [3.05, 3.63) is 58.7 Å². The minimum absolute atomic E-state index is 0.0241. The first-order chi connectivity index (χ1) is 10.0. The second-order valence-electron chi connectivity index (χ2n) is 4.05. The molecule has 1 aromatic heterocycles. The van der Waals surface area contributed by atoms with Gasteiger partial charge in [-0.25, -0.2) is 9.78 Å². The van der Waals surface area contributed by atoms with E-state index in [1.165, 1.54) is 6.07 Å². The molecule has 21 heavy (non-hydrogen) atoms. The third-order valence-corrected chi connectivity index (χ3v) is 2.53. The Balaban J connectivity index is 0.000000369. The third kappa shape index (κ3) is 5.72. The number of aromatic nitrogens is 2. The molecule has 0 aliphatic rings. The fourth-order valence-electron chi connectivity index (χ4n) is 1.57. The maximum absolute atomic E-state index is 10.7. The molecule has 1 atom stereocenters. The maximum atomic E-state index is 10.7. The molecule has 2 rings (SSSR count). The molecule has 2 aromatic rings. The van der Waals surface area contributed by atoms with Gasteiger partial charge in [0.25, 0.3) is 5.69 Å². The number of ether oxygens (including phenoxy) is 1. The molecule has 0 saturated heterocycles. The van der Waals surface area contributed by atoms with Crippen LogP contribution in [0.25, 0.3) is 0 Å². The Kier molecular flexibility index (Phi) is 6.39. The lowest BCUT2D eigenvalue weighted by atomic mass is 10.0. The van der Waals surface area contributed by atoms with Gasteiger partial charge in [0.05, 0.1) is 11.3 Å². The summed E-state index contributed by atoms with van der Waals surface area (Å²) < 4.78 is 4.39. The molecule has 0 aliphatic heterocycles. The lowest BCUT2D eigenvalue weighted by molar-refractivity contribution is -0.385. The van der Waals surface area contributed by atoms with Crippen molar-refractivity contribution in [1.29, 1.82) is 0 Å². The summed E-state index contributed by atoms with van der Waals surface area (Å²) in [7, 11) is 0. The Labute approximate surface area is 120 Å². The third-order valence-electron chi connectivity index (χ3n) is 2.53. The van der Waals surface area contributed by atoms with E-state index in [0.29, 0.717) is 5.56 Å². The number of hydrogen-bond acceptors (Lipinski definition) is 5. The lowest BCUT2D eigenvalue weighted by Gasteiger charge is -2.10. The zero-order valence-corrected chi connectivity index (χ0v) is 11.3. The van der Waals surface area contributed by atoms with E-state index < -0.39 is 11.1 Å². The van der Waals surface area contributed by atoms with Gasteiger partial charge < -0.3 is 14.8 Å². The Hall–Kier alpha value is -2.90. The number of hydrogen-bond donors (Lipinski definition) is 2. The monoisotopic (exact) mass is 293 g/mol. The smallest absolute Gasteiger partial charge is 0.450 e. The van der Waals surface area contributed by atoms with Gasteiger partial charge in [-0.3, -0.25) is 10.1 Å². The second kappa shape index (κ2) is 8.31. The number of nitrogens with zero attached hydrogens (tertiary/aromatic N) is 2. The van der Waals surface area contributed by atoms with Crippen LogP contribution < -0.4 is 0 Å². The summed E-state index contributed by atoms with van der Waals surface area (Å²) in [6, 6.07) is 6.20. The van der Waals surface area contributed by atoms with Crippen molar-refractivity contribution in [2.75, 3.05) is 6.61 Å². The number of rotatable bonds is 4. The van der Waals surface area contributed by atoms with E-state index in [4.69, 9.17) is 5.11 Å². The van der Waals surface area contributed by atoms with E-state index in [1.807, 2.05) is 0 Å². The van der Waals surface area contributed by atoms with Crippen molar-refractivity contribution in [2.24, 2.45) is 0 Å². The van der Waals surface area contributed by atoms with Crippen molar-refractivity contribution < 1.29 is 19.6 Å². The van der Waals surface area contributed by atoms with Crippen LogP contribution in [-0.4, -0.2) is 32.8 Å². The molecule has 0 radical (unpaired) electrons. The average molecular weight is 293 g/mol. The number of imidazole rings is 1. The molecule has 112 valence electrons. The number of carbonyl (C=O) groups is 1. The van der Waals surface area contributed by atoms with Crippen LogP contribution >= 0.6 is 0 Å². The highest BCUT2D eigenvalue weighted by Crippen LogP contribution is 2.26. The molecule has 0 bridgehead atoms. The first-order valence-electron chi connectivity index (χ1n) is 6.04. The summed E-state index contributed by atoms with van der Waals surface area (Å²) in [6.45, 7) is 1.57. The number of H-pyrrole nitrogens is 1. The minimum atomic E-state index is -1.38. The van der Waals surface area contributed by atoms with Crippen LogP contribution in [0.4, 0.5) is 10.5 Å². The topological polar surface area (TPSA) is 118 Å². The Bertz CT molecular complexity index is 554. The predicted octanol–water partition coefficient (Wildman–Crippen LogP) is 2.80. The molecule has 1 unspecified atom stereocenters. The van der Waals surface area contributed by atoms with Crippen LogP contribution in [0, 0.1) is 10.1 Å². The molecule has 0 spiro atoms. The van der Waals surface area contributed by atoms with Crippen LogP contribution in [-0.2, 0) is 4.74 Å². The fourth-order valence-corrected chi connectivity index (χ4v) is 1.57. The Morgan fingerprint density at radius 2 is 2.24 bits per heavy atom. The van der Waals surface area contributed by atoms with E-state index in [0.717, 1.165) is 0 Å².